The molecule has 2 N–H and O–H groups in total. The molecule has 1 amide bonds. The van der Waals surface area contributed by atoms with Crippen molar-refractivity contribution in [1.29, 1.82) is 0 Å². The highest BCUT2D eigenvalue weighted by Crippen LogP contribution is 2.34. The van der Waals surface area contributed by atoms with Crippen molar-refractivity contribution in [2.75, 3.05) is 19.8 Å². The topological polar surface area (TPSA) is 55.6 Å². The summed E-state index contributed by atoms with van der Waals surface area (Å²) in [6, 6.07) is 10.7. The fourth-order valence-corrected chi connectivity index (χ4v) is 3.52. The molecule has 4 nitrogen and oxygen atoms in total. The van der Waals surface area contributed by atoms with Gasteiger partial charge in [0.1, 0.15) is 0 Å². The number of carbonyl (C=O) groups excluding carboxylic acids is 1. The Kier molecular flexibility index (Phi) is 4.00. The predicted molar refractivity (Wildman–Crippen MR) is 81.9 cm³/mol. The van der Waals surface area contributed by atoms with Crippen LogP contribution in [-0.4, -0.2) is 42.1 Å². The van der Waals surface area contributed by atoms with Gasteiger partial charge in [0.05, 0.1) is 5.54 Å². The first kappa shape index (κ1) is 14.5. The van der Waals surface area contributed by atoms with Crippen LogP contribution in [0, 0.1) is 0 Å². The zero-order valence-electron chi connectivity index (χ0n) is 12.6. The van der Waals surface area contributed by atoms with Crippen LogP contribution in [0.3, 0.4) is 0 Å². The van der Waals surface area contributed by atoms with Crippen LogP contribution < -0.4 is 5.73 Å². The third-order valence-corrected chi connectivity index (χ3v) is 4.92. The summed E-state index contributed by atoms with van der Waals surface area (Å²) < 4.78 is 5.34. The van der Waals surface area contributed by atoms with E-state index in [1.54, 1.807) is 0 Å². The van der Waals surface area contributed by atoms with E-state index < -0.39 is 5.54 Å². The largest absolute Gasteiger partial charge is 0.381 e. The first-order chi connectivity index (χ1) is 10.1. The van der Waals surface area contributed by atoms with Gasteiger partial charge in [-0.1, -0.05) is 30.3 Å². The van der Waals surface area contributed by atoms with Gasteiger partial charge in [0.25, 0.3) is 0 Å². The van der Waals surface area contributed by atoms with E-state index in [9.17, 15) is 4.79 Å². The van der Waals surface area contributed by atoms with Gasteiger partial charge in [-0.15, -0.1) is 0 Å². The van der Waals surface area contributed by atoms with E-state index in [1.165, 1.54) is 5.56 Å². The van der Waals surface area contributed by atoms with Crippen LogP contribution >= 0.6 is 0 Å². The average Bonchev–Trinajstić information content (AvgIpc) is 2.90. The van der Waals surface area contributed by atoms with Crippen LogP contribution in [0.2, 0.25) is 0 Å². The second-order valence-corrected chi connectivity index (χ2v) is 6.42. The monoisotopic (exact) mass is 288 g/mol. The molecule has 3 rings (SSSR count). The number of nitrogens with zero attached hydrogens (tertiary/aromatic N) is 1. The van der Waals surface area contributed by atoms with Crippen molar-refractivity contribution < 1.29 is 9.53 Å². The number of nitrogens with two attached hydrogens (primary N) is 1. The van der Waals surface area contributed by atoms with Gasteiger partial charge >= 0.3 is 0 Å². The Labute approximate surface area is 126 Å². The molecule has 4 heteroatoms. The molecule has 114 valence electrons. The molecule has 0 aromatic heterocycles. The summed E-state index contributed by atoms with van der Waals surface area (Å²) in [6.07, 6.45) is 2.28. The lowest BCUT2D eigenvalue weighted by Crippen LogP contribution is -2.58. The van der Waals surface area contributed by atoms with Gasteiger partial charge in [-0.05, 0) is 31.7 Å². The van der Waals surface area contributed by atoms with E-state index >= 15 is 0 Å². The van der Waals surface area contributed by atoms with Gasteiger partial charge in [0.2, 0.25) is 5.91 Å². The van der Waals surface area contributed by atoms with Gasteiger partial charge in [-0.3, -0.25) is 4.79 Å². The normalized spacial score (nSPS) is 28.6. The van der Waals surface area contributed by atoms with Crippen molar-refractivity contribution in [2.45, 2.75) is 43.7 Å². The third-order valence-electron chi connectivity index (χ3n) is 4.92. The molecule has 0 saturated carbocycles. The first-order valence-electron chi connectivity index (χ1n) is 7.83. The van der Waals surface area contributed by atoms with Crippen molar-refractivity contribution in [3.05, 3.63) is 35.9 Å². The molecule has 0 spiro atoms. The van der Waals surface area contributed by atoms with Crippen LogP contribution in [0.15, 0.2) is 30.3 Å². The van der Waals surface area contributed by atoms with Crippen molar-refractivity contribution >= 4 is 5.91 Å². The lowest BCUT2D eigenvalue weighted by molar-refractivity contribution is -0.141. The zero-order valence-corrected chi connectivity index (χ0v) is 12.6. The summed E-state index contributed by atoms with van der Waals surface area (Å²) >= 11 is 0. The summed E-state index contributed by atoms with van der Waals surface area (Å²) in [6.45, 7) is 4.09. The predicted octanol–water partition coefficient (Wildman–Crippen LogP) is 1.90. The van der Waals surface area contributed by atoms with Gasteiger partial charge in [0, 0.05) is 31.7 Å². The highest BCUT2D eigenvalue weighted by atomic mass is 16.5. The van der Waals surface area contributed by atoms with E-state index in [-0.39, 0.29) is 11.9 Å². The minimum atomic E-state index is -0.724. The Morgan fingerprint density at radius 3 is 2.62 bits per heavy atom. The molecule has 1 aromatic carbocycles. The number of ether oxygens (including phenoxy) is 1. The Morgan fingerprint density at radius 2 is 1.95 bits per heavy atom. The number of carbonyl (C=O) groups is 1. The van der Waals surface area contributed by atoms with Crippen LogP contribution in [0.5, 0.6) is 0 Å². The molecule has 0 radical (unpaired) electrons. The number of amides is 1. The highest BCUT2D eigenvalue weighted by Gasteiger charge is 2.43. The van der Waals surface area contributed by atoms with Crippen LogP contribution in [-0.2, 0) is 9.53 Å². The van der Waals surface area contributed by atoms with Gasteiger partial charge < -0.3 is 15.4 Å². The van der Waals surface area contributed by atoms with E-state index in [0.29, 0.717) is 32.0 Å². The number of likely N-dealkylation sites (tertiary alicyclic amines) is 1. The quantitative estimate of drug-likeness (QED) is 0.904. The van der Waals surface area contributed by atoms with Gasteiger partial charge in [-0.25, -0.2) is 0 Å². The molecule has 2 fully saturated rings. The molecule has 2 heterocycles. The smallest absolute Gasteiger partial charge is 0.243 e. The van der Waals surface area contributed by atoms with Crippen LogP contribution in [0.1, 0.15) is 37.7 Å². The lowest BCUT2D eigenvalue weighted by atomic mass is 9.89. The fraction of sp³-hybridized carbons (Fsp3) is 0.588. The zero-order chi connectivity index (χ0) is 14.9. The van der Waals surface area contributed by atoms with Crippen molar-refractivity contribution in [1.82, 2.24) is 4.90 Å². The Morgan fingerprint density at radius 1 is 1.29 bits per heavy atom. The van der Waals surface area contributed by atoms with Crippen molar-refractivity contribution in [3.8, 4) is 0 Å². The molecule has 2 atom stereocenters. The number of benzene rings is 1. The van der Waals surface area contributed by atoms with Crippen LogP contribution in [0.25, 0.3) is 0 Å². The maximum absolute atomic E-state index is 12.9. The highest BCUT2D eigenvalue weighted by molar-refractivity contribution is 5.87. The molecular formula is C17H24N2O2. The molecule has 1 aromatic rings. The van der Waals surface area contributed by atoms with Crippen LogP contribution in [0.4, 0.5) is 0 Å². The minimum Gasteiger partial charge on any atom is -0.381 e. The maximum Gasteiger partial charge on any atom is 0.243 e. The summed E-state index contributed by atoms with van der Waals surface area (Å²) in [5.41, 5.74) is 6.95. The molecule has 21 heavy (non-hydrogen) atoms. The van der Waals surface area contributed by atoms with E-state index in [0.717, 1.165) is 13.0 Å². The summed E-state index contributed by atoms with van der Waals surface area (Å²) in [5.74, 6) is 0.533. The molecule has 0 aliphatic carbocycles. The third kappa shape index (κ3) is 2.83. The Balaban J connectivity index is 1.73. The molecule has 2 unspecified atom stereocenters. The SMILES string of the molecule is CC1CC(c2ccccc2)CN1C(=O)C1(N)CCOCC1. The second-order valence-electron chi connectivity index (χ2n) is 6.42. The van der Waals surface area contributed by atoms with E-state index in [2.05, 4.69) is 31.2 Å². The molecular weight excluding hydrogens is 264 g/mol. The fourth-order valence-electron chi connectivity index (χ4n) is 3.52. The molecule has 2 saturated heterocycles. The van der Waals surface area contributed by atoms with Gasteiger partial charge in [-0.2, -0.15) is 0 Å². The van der Waals surface area contributed by atoms with Crippen molar-refractivity contribution in [3.63, 3.8) is 0 Å². The molecule has 2 aliphatic rings. The summed E-state index contributed by atoms with van der Waals surface area (Å²) in [5, 5.41) is 0. The second kappa shape index (κ2) is 5.78. The standard InChI is InChI=1S/C17H24N2O2/c1-13-11-15(14-5-3-2-4-6-14)12-19(13)16(20)17(18)7-9-21-10-8-17/h2-6,13,15H,7-12,18H2,1H3. The van der Waals surface area contributed by atoms with E-state index in [1.807, 2.05) is 11.0 Å². The Hall–Kier alpha value is -1.39. The number of hydrogen-bond donors (Lipinski definition) is 1. The average molecular weight is 288 g/mol. The summed E-state index contributed by atoms with van der Waals surface area (Å²) in [4.78, 5) is 14.8. The number of hydrogen-bond acceptors (Lipinski definition) is 3. The molecule has 0 bridgehead atoms. The molecule has 2 aliphatic heterocycles. The first-order valence-corrected chi connectivity index (χ1v) is 7.83. The lowest BCUT2D eigenvalue weighted by Gasteiger charge is -2.36. The van der Waals surface area contributed by atoms with Crippen molar-refractivity contribution in [2.24, 2.45) is 5.73 Å². The maximum atomic E-state index is 12.9. The van der Waals surface area contributed by atoms with E-state index in [4.69, 9.17) is 10.5 Å². The number of rotatable bonds is 2. The minimum absolute atomic E-state index is 0.108. The van der Waals surface area contributed by atoms with Gasteiger partial charge in [0.15, 0.2) is 0 Å². The summed E-state index contributed by atoms with van der Waals surface area (Å²) in [7, 11) is 0. The Bertz CT molecular complexity index is 497.